The highest BCUT2D eigenvalue weighted by Crippen LogP contribution is 2.28. The van der Waals surface area contributed by atoms with Gasteiger partial charge in [-0.15, -0.1) is 13.2 Å². The van der Waals surface area contributed by atoms with Crippen molar-refractivity contribution in [2.24, 2.45) is 0 Å². The van der Waals surface area contributed by atoms with Crippen LogP contribution in [0, 0.1) is 5.82 Å². The number of esters is 1. The van der Waals surface area contributed by atoms with Crippen molar-refractivity contribution in [1.82, 2.24) is 0 Å². The van der Waals surface area contributed by atoms with Gasteiger partial charge in [0.2, 0.25) is 0 Å². The van der Waals surface area contributed by atoms with E-state index in [0.717, 1.165) is 18.2 Å². The third-order valence-electron chi connectivity index (χ3n) is 1.68. The van der Waals surface area contributed by atoms with Gasteiger partial charge in [-0.1, -0.05) is 6.07 Å². The van der Waals surface area contributed by atoms with Gasteiger partial charge in [0.25, 0.3) is 0 Å². The summed E-state index contributed by atoms with van der Waals surface area (Å²) in [7, 11) is 0. The molecule has 1 aromatic rings. The van der Waals surface area contributed by atoms with Crippen molar-refractivity contribution in [2.45, 2.75) is 13.3 Å². The minimum absolute atomic E-state index is 0.0847. The van der Waals surface area contributed by atoms with Gasteiger partial charge in [-0.2, -0.15) is 0 Å². The first kappa shape index (κ1) is 13.3. The lowest BCUT2D eigenvalue weighted by Crippen LogP contribution is -2.20. The summed E-state index contributed by atoms with van der Waals surface area (Å²) in [5, 5.41) is 0. The fourth-order valence-electron chi connectivity index (χ4n) is 1.12. The number of halogens is 4. The van der Waals surface area contributed by atoms with Gasteiger partial charge in [0.05, 0.1) is 6.61 Å². The maximum atomic E-state index is 13.3. The fourth-order valence-corrected chi connectivity index (χ4v) is 1.12. The zero-order valence-electron chi connectivity index (χ0n) is 8.68. The highest BCUT2D eigenvalue weighted by molar-refractivity contribution is 5.92. The number of benzene rings is 1. The number of ether oxygens (including phenoxy) is 2. The third-order valence-corrected chi connectivity index (χ3v) is 1.68. The van der Waals surface area contributed by atoms with Gasteiger partial charge in [0.15, 0.2) is 0 Å². The van der Waals surface area contributed by atoms with E-state index in [4.69, 9.17) is 0 Å². The Kier molecular flexibility index (Phi) is 3.93. The molecule has 0 saturated carbocycles. The average molecular weight is 252 g/mol. The minimum atomic E-state index is -5.00. The minimum Gasteiger partial charge on any atom is -0.462 e. The Morgan fingerprint density at radius 2 is 2.00 bits per heavy atom. The molecule has 0 unspecified atom stereocenters. The maximum absolute atomic E-state index is 13.3. The van der Waals surface area contributed by atoms with Gasteiger partial charge in [0.1, 0.15) is 17.1 Å². The first-order chi connectivity index (χ1) is 7.85. The quantitative estimate of drug-likeness (QED) is 0.613. The van der Waals surface area contributed by atoms with E-state index >= 15 is 0 Å². The second kappa shape index (κ2) is 5.03. The lowest BCUT2D eigenvalue weighted by molar-refractivity contribution is -0.274. The van der Waals surface area contributed by atoms with Crippen molar-refractivity contribution in [2.75, 3.05) is 6.61 Å². The van der Waals surface area contributed by atoms with Crippen molar-refractivity contribution in [3.8, 4) is 5.75 Å². The summed E-state index contributed by atoms with van der Waals surface area (Å²) < 4.78 is 57.2. The molecule has 17 heavy (non-hydrogen) atoms. The molecule has 0 aliphatic carbocycles. The molecule has 94 valence electrons. The van der Waals surface area contributed by atoms with Gasteiger partial charge in [-0.3, -0.25) is 0 Å². The Balaban J connectivity index is 3.13. The standard InChI is InChI=1S/C10H8F4O3/c1-2-16-9(15)8-6(11)4-3-5-7(8)17-10(12,13)14/h3-5H,2H2,1H3. The summed E-state index contributed by atoms with van der Waals surface area (Å²) in [5.74, 6) is -3.26. The SMILES string of the molecule is CCOC(=O)c1c(F)cccc1OC(F)(F)F. The molecule has 3 nitrogen and oxygen atoms in total. The van der Waals surface area contributed by atoms with Crippen molar-refractivity contribution in [3.63, 3.8) is 0 Å². The molecule has 7 heteroatoms. The second-order valence-electron chi connectivity index (χ2n) is 2.88. The Morgan fingerprint density at radius 3 is 2.53 bits per heavy atom. The zero-order valence-corrected chi connectivity index (χ0v) is 8.68. The van der Waals surface area contributed by atoms with Crippen LogP contribution >= 0.6 is 0 Å². The number of carbonyl (C=O) groups is 1. The molecule has 0 aromatic heterocycles. The van der Waals surface area contributed by atoms with Gasteiger partial charge in [-0.25, -0.2) is 9.18 Å². The maximum Gasteiger partial charge on any atom is 0.573 e. The topological polar surface area (TPSA) is 35.5 Å². The lowest BCUT2D eigenvalue weighted by Gasteiger charge is -2.12. The number of hydrogen-bond donors (Lipinski definition) is 0. The van der Waals surface area contributed by atoms with Crippen molar-refractivity contribution in [1.29, 1.82) is 0 Å². The molecule has 0 aliphatic heterocycles. The van der Waals surface area contributed by atoms with Crippen LogP contribution in [-0.4, -0.2) is 18.9 Å². The molecule has 0 atom stereocenters. The highest BCUT2D eigenvalue weighted by Gasteiger charge is 2.34. The Hall–Kier alpha value is -1.79. The van der Waals surface area contributed by atoms with Gasteiger partial charge >= 0.3 is 12.3 Å². The van der Waals surface area contributed by atoms with E-state index in [9.17, 15) is 22.4 Å². The third kappa shape index (κ3) is 3.61. The predicted molar refractivity (Wildman–Crippen MR) is 49.0 cm³/mol. The van der Waals surface area contributed by atoms with Crippen LogP contribution in [0.2, 0.25) is 0 Å². The molecule has 1 aromatic carbocycles. The summed E-state index contributed by atoms with van der Waals surface area (Å²) >= 11 is 0. The van der Waals surface area contributed by atoms with E-state index in [1.54, 1.807) is 0 Å². The molecule has 0 N–H and O–H groups in total. The Bertz CT molecular complexity index is 415. The highest BCUT2D eigenvalue weighted by atomic mass is 19.4. The molecule has 1 rings (SSSR count). The molecular weight excluding hydrogens is 244 g/mol. The van der Waals surface area contributed by atoms with Crippen LogP contribution in [0.1, 0.15) is 17.3 Å². The predicted octanol–water partition coefficient (Wildman–Crippen LogP) is 2.90. The molecular formula is C10H8F4O3. The summed E-state index contributed by atoms with van der Waals surface area (Å²) in [6.07, 6.45) is -5.00. The first-order valence-corrected chi connectivity index (χ1v) is 4.56. The van der Waals surface area contributed by atoms with Gasteiger partial charge in [0, 0.05) is 0 Å². The van der Waals surface area contributed by atoms with Crippen LogP contribution in [0.25, 0.3) is 0 Å². The smallest absolute Gasteiger partial charge is 0.462 e. The van der Waals surface area contributed by atoms with E-state index < -0.39 is 29.5 Å². The number of carbonyl (C=O) groups excluding carboxylic acids is 1. The molecule has 0 radical (unpaired) electrons. The summed E-state index contributed by atoms with van der Waals surface area (Å²) in [6.45, 7) is 1.36. The van der Waals surface area contributed by atoms with Crippen molar-refractivity contribution >= 4 is 5.97 Å². The zero-order chi connectivity index (χ0) is 13.1. The summed E-state index contributed by atoms with van der Waals surface area (Å²) in [5.41, 5.74) is -0.869. The van der Waals surface area contributed by atoms with E-state index in [2.05, 4.69) is 9.47 Å². The van der Waals surface area contributed by atoms with Crippen LogP contribution < -0.4 is 4.74 Å². The summed E-state index contributed by atoms with van der Waals surface area (Å²) in [4.78, 5) is 11.3. The van der Waals surface area contributed by atoms with E-state index in [0.29, 0.717) is 0 Å². The van der Waals surface area contributed by atoms with Crippen LogP contribution in [0.4, 0.5) is 17.6 Å². The summed E-state index contributed by atoms with van der Waals surface area (Å²) in [6, 6.07) is 2.68. The molecule has 0 saturated heterocycles. The lowest BCUT2D eigenvalue weighted by atomic mass is 10.2. The monoisotopic (exact) mass is 252 g/mol. The fraction of sp³-hybridized carbons (Fsp3) is 0.300. The van der Waals surface area contributed by atoms with E-state index in [1.165, 1.54) is 6.92 Å². The van der Waals surface area contributed by atoms with E-state index in [-0.39, 0.29) is 6.61 Å². The molecule has 0 fully saturated rings. The van der Waals surface area contributed by atoms with Gasteiger partial charge in [-0.05, 0) is 19.1 Å². The number of hydrogen-bond acceptors (Lipinski definition) is 3. The van der Waals surface area contributed by atoms with E-state index in [1.807, 2.05) is 0 Å². The molecule has 0 spiro atoms. The average Bonchev–Trinajstić information content (AvgIpc) is 2.15. The largest absolute Gasteiger partial charge is 0.573 e. The first-order valence-electron chi connectivity index (χ1n) is 4.56. The Morgan fingerprint density at radius 1 is 1.35 bits per heavy atom. The van der Waals surface area contributed by atoms with Crippen molar-refractivity contribution < 1.29 is 31.8 Å². The second-order valence-corrected chi connectivity index (χ2v) is 2.88. The van der Waals surface area contributed by atoms with Crippen LogP contribution in [0.15, 0.2) is 18.2 Å². The Labute approximate surface area is 93.9 Å². The molecule has 0 heterocycles. The molecule has 0 aliphatic rings. The van der Waals surface area contributed by atoms with Crippen molar-refractivity contribution in [3.05, 3.63) is 29.6 Å². The van der Waals surface area contributed by atoms with Crippen LogP contribution in [0.3, 0.4) is 0 Å². The molecule has 0 bridgehead atoms. The number of rotatable bonds is 3. The van der Waals surface area contributed by atoms with Crippen LogP contribution in [-0.2, 0) is 4.74 Å². The number of alkyl halides is 3. The van der Waals surface area contributed by atoms with Crippen LogP contribution in [0.5, 0.6) is 5.75 Å². The molecule has 0 amide bonds. The van der Waals surface area contributed by atoms with Gasteiger partial charge < -0.3 is 9.47 Å². The normalized spacial score (nSPS) is 11.1.